The second kappa shape index (κ2) is 3.50. The molecule has 0 aliphatic rings. The van der Waals surface area contributed by atoms with Gasteiger partial charge in [-0.05, 0) is 12.1 Å². The molecule has 0 saturated heterocycles. The van der Waals surface area contributed by atoms with Gasteiger partial charge in [-0.3, -0.25) is 9.36 Å². The maximum Gasteiger partial charge on any atom is 0.234 e. The lowest BCUT2D eigenvalue weighted by Gasteiger charge is -2.00. The van der Waals surface area contributed by atoms with Crippen LogP contribution < -0.4 is 0 Å². The average molecular weight is 185 g/mol. The lowest BCUT2D eigenvalue weighted by atomic mass is 10.2. The van der Waals surface area contributed by atoms with E-state index in [1.54, 1.807) is 16.8 Å². The van der Waals surface area contributed by atoms with Gasteiger partial charge >= 0.3 is 0 Å². The predicted octanol–water partition coefficient (Wildman–Crippen LogP) is 2.86. The van der Waals surface area contributed by atoms with Crippen molar-refractivity contribution < 1.29 is 4.79 Å². The number of carbonyl (C=O) groups excluding carboxylic acids is 1. The summed E-state index contributed by atoms with van der Waals surface area (Å²) in [7, 11) is 0. The first-order chi connectivity index (χ1) is 6.83. The molecule has 2 nitrogen and oxygen atoms in total. The fourth-order valence-corrected chi connectivity index (χ4v) is 1.52. The van der Waals surface area contributed by atoms with Crippen LogP contribution in [0.15, 0.2) is 49.2 Å². The van der Waals surface area contributed by atoms with Crippen molar-refractivity contribution in [3.05, 3.63) is 49.2 Å². The van der Waals surface area contributed by atoms with Crippen molar-refractivity contribution in [2.75, 3.05) is 0 Å². The molecule has 0 unspecified atom stereocenters. The largest absolute Gasteiger partial charge is 0.287 e. The molecule has 1 aromatic heterocycles. The molecule has 0 fully saturated rings. The van der Waals surface area contributed by atoms with Gasteiger partial charge in [-0.1, -0.05) is 24.3 Å². The van der Waals surface area contributed by atoms with E-state index in [1.165, 1.54) is 0 Å². The molecule has 0 aliphatic heterocycles. The van der Waals surface area contributed by atoms with Crippen LogP contribution in [0.2, 0.25) is 0 Å². The van der Waals surface area contributed by atoms with E-state index in [-0.39, 0.29) is 5.91 Å². The standard InChI is InChI=1S/C12H11NO/c1-2-5-12(14)13-9-8-10-6-3-4-7-11(10)13/h2-4,6-9H,1,5H2. The topological polar surface area (TPSA) is 22.0 Å². The first-order valence-electron chi connectivity index (χ1n) is 4.53. The average Bonchev–Trinajstić information content (AvgIpc) is 2.61. The fraction of sp³-hybridized carbons (Fsp3) is 0.0833. The molecule has 0 saturated carbocycles. The van der Waals surface area contributed by atoms with Gasteiger partial charge in [0.15, 0.2) is 0 Å². The van der Waals surface area contributed by atoms with Crippen molar-refractivity contribution in [3.63, 3.8) is 0 Å². The Morgan fingerprint density at radius 1 is 1.36 bits per heavy atom. The third-order valence-corrected chi connectivity index (χ3v) is 2.19. The van der Waals surface area contributed by atoms with E-state index in [0.29, 0.717) is 6.42 Å². The molecule has 0 atom stereocenters. The van der Waals surface area contributed by atoms with Gasteiger partial charge in [0.2, 0.25) is 5.91 Å². The number of para-hydroxylation sites is 1. The number of rotatable bonds is 2. The summed E-state index contributed by atoms with van der Waals surface area (Å²) in [5.74, 6) is 0.0567. The minimum Gasteiger partial charge on any atom is -0.287 e. The highest BCUT2D eigenvalue weighted by molar-refractivity contribution is 5.92. The minimum atomic E-state index is 0.0567. The van der Waals surface area contributed by atoms with Crippen molar-refractivity contribution in [1.82, 2.24) is 4.57 Å². The number of hydrogen-bond donors (Lipinski definition) is 0. The Bertz CT molecular complexity index is 482. The summed E-state index contributed by atoms with van der Waals surface area (Å²) in [6.07, 6.45) is 3.80. The summed E-state index contributed by atoms with van der Waals surface area (Å²) in [5.41, 5.74) is 0.958. The molecule has 70 valence electrons. The molecular weight excluding hydrogens is 174 g/mol. The highest BCUT2D eigenvalue weighted by Crippen LogP contribution is 2.15. The zero-order valence-electron chi connectivity index (χ0n) is 7.81. The zero-order chi connectivity index (χ0) is 9.97. The van der Waals surface area contributed by atoms with Crippen molar-refractivity contribution in [2.24, 2.45) is 0 Å². The van der Waals surface area contributed by atoms with E-state index in [4.69, 9.17) is 0 Å². The minimum absolute atomic E-state index is 0.0567. The molecule has 0 bridgehead atoms. The lowest BCUT2D eigenvalue weighted by Crippen LogP contribution is -2.06. The Morgan fingerprint density at radius 3 is 2.93 bits per heavy atom. The predicted molar refractivity (Wildman–Crippen MR) is 57.4 cm³/mol. The van der Waals surface area contributed by atoms with Crippen LogP contribution in [0.1, 0.15) is 11.2 Å². The van der Waals surface area contributed by atoms with Gasteiger partial charge in [0.1, 0.15) is 0 Å². The normalized spacial score (nSPS) is 10.3. The van der Waals surface area contributed by atoms with Gasteiger partial charge in [-0.2, -0.15) is 0 Å². The number of aromatic nitrogens is 1. The van der Waals surface area contributed by atoms with Crippen molar-refractivity contribution in [1.29, 1.82) is 0 Å². The highest BCUT2D eigenvalue weighted by atomic mass is 16.1. The number of benzene rings is 1. The van der Waals surface area contributed by atoms with Crippen LogP contribution in [0.4, 0.5) is 0 Å². The van der Waals surface area contributed by atoms with Gasteiger partial charge in [0.05, 0.1) is 5.52 Å². The summed E-state index contributed by atoms with van der Waals surface area (Å²) in [4.78, 5) is 11.6. The van der Waals surface area contributed by atoms with Gasteiger partial charge in [0, 0.05) is 18.0 Å². The SMILES string of the molecule is C=CCC(=O)n1ccc2ccccc21. The van der Waals surface area contributed by atoms with Crippen LogP contribution in [0.25, 0.3) is 10.9 Å². The Kier molecular flexibility index (Phi) is 2.19. The number of allylic oxidation sites excluding steroid dienone is 1. The Morgan fingerprint density at radius 2 is 2.14 bits per heavy atom. The van der Waals surface area contributed by atoms with Gasteiger partial charge in [-0.25, -0.2) is 0 Å². The summed E-state index contributed by atoms with van der Waals surface area (Å²) in [6, 6.07) is 9.77. The molecule has 0 aliphatic carbocycles. The number of carbonyl (C=O) groups is 1. The maximum atomic E-state index is 11.6. The van der Waals surface area contributed by atoms with Crippen molar-refractivity contribution in [3.8, 4) is 0 Å². The van der Waals surface area contributed by atoms with Gasteiger partial charge in [-0.15, -0.1) is 6.58 Å². The molecule has 0 N–H and O–H groups in total. The van der Waals surface area contributed by atoms with Gasteiger partial charge < -0.3 is 0 Å². The van der Waals surface area contributed by atoms with Crippen molar-refractivity contribution >= 4 is 16.8 Å². The molecule has 2 rings (SSSR count). The third kappa shape index (κ3) is 1.35. The molecule has 0 radical (unpaired) electrons. The second-order valence-corrected chi connectivity index (χ2v) is 3.13. The van der Waals surface area contributed by atoms with Crippen LogP contribution in [0.3, 0.4) is 0 Å². The molecule has 2 aromatic rings. The van der Waals surface area contributed by atoms with Crippen LogP contribution in [-0.4, -0.2) is 10.5 Å². The number of nitrogens with zero attached hydrogens (tertiary/aromatic N) is 1. The Balaban J connectivity index is 2.52. The van der Waals surface area contributed by atoms with Crippen LogP contribution in [0, 0.1) is 0 Å². The zero-order valence-corrected chi connectivity index (χ0v) is 7.81. The van der Waals surface area contributed by atoms with E-state index in [1.807, 2.05) is 30.3 Å². The highest BCUT2D eigenvalue weighted by Gasteiger charge is 2.05. The summed E-state index contributed by atoms with van der Waals surface area (Å²) < 4.78 is 1.66. The van der Waals surface area contributed by atoms with Gasteiger partial charge in [0.25, 0.3) is 0 Å². The molecule has 1 heterocycles. The summed E-state index contributed by atoms with van der Waals surface area (Å²) in [5, 5.41) is 1.09. The van der Waals surface area contributed by atoms with E-state index >= 15 is 0 Å². The molecule has 1 aromatic carbocycles. The Labute approximate surface area is 82.5 Å². The number of fused-ring (bicyclic) bond motifs is 1. The molecule has 0 amide bonds. The monoisotopic (exact) mass is 185 g/mol. The molecule has 2 heteroatoms. The van der Waals surface area contributed by atoms with Crippen molar-refractivity contribution in [2.45, 2.75) is 6.42 Å². The smallest absolute Gasteiger partial charge is 0.234 e. The Hall–Kier alpha value is -1.83. The van der Waals surface area contributed by atoms with E-state index < -0.39 is 0 Å². The van der Waals surface area contributed by atoms with Crippen LogP contribution in [0.5, 0.6) is 0 Å². The first kappa shape index (κ1) is 8.75. The molecule has 14 heavy (non-hydrogen) atoms. The quantitative estimate of drug-likeness (QED) is 0.659. The second-order valence-electron chi connectivity index (χ2n) is 3.13. The summed E-state index contributed by atoms with van der Waals surface area (Å²) >= 11 is 0. The van der Waals surface area contributed by atoms with E-state index in [0.717, 1.165) is 10.9 Å². The first-order valence-corrected chi connectivity index (χ1v) is 4.53. The van der Waals surface area contributed by atoms with E-state index in [9.17, 15) is 4.79 Å². The van der Waals surface area contributed by atoms with E-state index in [2.05, 4.69) is 6.58 Å². The molecular formula is C12H11NO. The van der Waals surface area contributed by atoms with Crippen LogP contribution in [-0.2, 0) is 0 Å². The molecule has 0 spiro atoms. The lowest BCUT2D eigenvalue weighted by molar-refractivity contribution is 0.0922. The van der Waals surface area contributed by atoms with Crippen LogP contribution >= 0.6 is 0 Å². The maximum absolute atomic E-state index is 11.6. The number of hydrogen-bond acceptors (Lipinski definition) is 1. The third-order valence-electron chi connectivity index (χ3n) is 2.19. The summed E-state index contributed by atoms with van der Waals surface area (Å²) in [6.45, 7) is 3.56. The fourth-order valence-electron chi connectivity index (χ4n) is 1.52.